The SMILES string of the molecule is CCOC(=O)c1ccc(NC(=S)NCc2c(Br)cnn2C)cc1. The molecule has 0 saturated carbocycles. The summed E-state index contributed by atoms with van der Waals surface area (Å²) in [5.74, 6) is -0.333. The van der Waals surface area contributed by atoms with E-state index in [1.54, 1.807) is 42.1 Å². The molecule has 2 rings (SSSR count). The Bertz CT molecular complexity index is 681. The first-order chi connectivity index (χ1) is 11.0. The number of nitrogens with zero attached hydrogens (tertiary/aromatic N) is 2. The number of esters is 1. The fraction of sp³-hybridized carbons (Fsp3) is 0.267. The molecule has 0 amide bonds. The highest BCUT2D eigenvalue weighted by Crippen LogP contribution is 2.15. The summed E-state index contributed by atoms with van der Waals surface area (Å²) < 4.78 is 7.64. The number of ether oxygens (including phenoxy) is 1. The van der Waals surface area contributed by atoms with E-state index in [1.807, 2.05) is 7.05 Å². The average Bonchev–Trinajstić information content (AvgIpc) is 2.85. The summed E-state index contributed by atoms with van der Waals surface area (Å²) in [5.41, 5.74) is 2.29. The van der Waals surface area contributed by atoms with E-state index in [9.17, 15) is 4.79 Å². The van der Waals surface area contributed by atoms with Crippen molar-refractivity contribution in [3.8, 4) is 0 Å². The first kappa shape index (κ1) is 17.4. The van der Waals surface area contributed by atoms with Crippen molar-refractivity contribution in [1.29, 1.82) is 0 Å². The van der Waals surface area contributed by atoms with Crippen molar-refractivity contribution in [2.75, 3.05) is 11.9 Å². The molecular weight excluding hydrogens is 380 g/mol. The first-order valence-electron chi connectivity index (χ1n) is 6.99. The van der Waals surface area contributed by atoms with Crippen LogP contribution in [0.3, 0.4) is 0 Å². The molecule has 0 aliphatic rings. The van der Waals surface area contributed by atoms with Crippen molar-refractivity contribution in [2.24, 2.45) is 7.05 Å². The van der Waals surface area contributed by atoms with Gasteiger partial charge in [-0.05, 0) is 59.3 Å². The van der Waals surface area contributed by atoms with Gasteiger partial charge in [0.1, 0.15) is 0 Å². The molecule has 6 nitrogen and oxygen atoms in total. The number of nitrogens with one attached hydrogen (secondary N) is 2. The number of aryl methyl sites for hydroxylation is 1. The molecule has 0 atom stereocenters. The highest BCUT2D eigenvalue weighted by Gasteiger charge is 2.08. The number of thiocarbonyl (C=S) groups is 1. The second kappa shape index (κ2) is 8.07. The Morgan fingerprint density at radius 3 is 2.65 bits per heavy atom. The van der Waals surface area contributed by atoms with Crippen molar-refractivity contribution in [3.05, 3.63) is 46.2 Å². The maximum atomic E-state index is 11.6. The Kier molecular flexibility index (Phi) is 6.12. The Labute approximate surface area is 148 Å². The lowest BCUT2D eigenvalue weighted by Crippen LogP contribution is -2.28. The van der Waals surface area contributed by atoms with Crippen LogP contribution in [-0.4, -0.2) is 27.5 Å². The lowest BCUT2D eigenvalue weighted by molar-refractivity contribution is 0.0526. The summed E-state index contributed by atoms with van der Waals surface area (Å²) in [4.78, 5) is 11.6. The number of hydrogen-bond acceptors (Lipinski definition) is 4. The van der Waals surface area contributed by atoms with Gasteiger partial charge in [-0.25, -0.2) is 4.79 Å². The maximum Gasteiger partial charge on any atom is 0.338 e. The molecule has 0 aliphatic carbocycles. The molecule has 0 unspecified atom stereocenters. The van der Waals surface area contributed by atoms with Gasteiger partial charge in [-0.3, -0.25) is 4.68 Å². The van der Waals surface area contributed by atoms with Gasteiger partial charge < -0.3 is 15.4 Å². The third-order valence-corrected chi connectivity index (χ3v) is 3.99. The monoisotopic (exact) mass is 396 g/mol. The van der Waals surface area contributed by atoms with E-state index in [0.717, 1.165) is 15.9 Å². The summed E-state index contributed by atoms with van der Waals surface area (Å²) in [6.45, 7) is 2.68. The lowest BCUT2D eigenvalue weighted by Gasteiger charge is -2.11. The zero-order valence-corrected chi connectivity index (χ0v) is 15.2. The van der Waals surface area contributed by atoms with Gasteiger partial charge in [-0.15, -0.1) is 0 Å². The van der Waals surface area contributed by atoms with Crippen LogP contribution in [0.5, 0.6) is 0 Å². The standard InChI is InChI=1S/C15H17BrN4O2S/c1-3-22-14(21)10-4-6-11(7-5-10)19-15(23)17-9-13-12(16)8-18-20(13)2/h4-8H,3,9H2,1-2H3,(H2,17,19,23). The minimum atomic E-state index is -0.333. The van der Waals surface area contributed by atoms with Crippen LogP contribution < -0.4 is 10.6 Å². The van der Waals surface area contributed by atoms with Gasteiger partial charge in [0.2, 0.25) is 0 Å². The predicted octanol–water partition coefficient (Wildman–Crippen LogP) is 2.85. The number of hydrogen-bond donors (Lipinski definition) is 2. The van der Waals surface area contributed by atoms with E-state index in [-0.39, 0.29) is 5.97 Å². The summed E-state index contributed by atoms with van der Waals surface area (Å²) in [6.07, 6.45) is 1.74. The predicted molar refractivity (Wildman–Crippen MR) is 96.4 cm³/mol. The van der Waals surface area contributed by atoms with E-state index in [1.165, 1.54) is 0 Å². The van der Waals surface area contributed by atoms with Gasteiger partial charge in [-0.1, -0.05) is 0 Å². The Hall–Kier alpha value is -1.93. The van der Waals surface area contributed by atoms with E-state index >= 15 is 0 Å². The van der Waals surface area contributed by atoms with Crippen LogP contribution in [0, 0.1) is 0 Å². The fourth-order valence-electron chi connectivity index (χ4n) is 1.88. The van der Waals surface area contributed by atoms with Crippen LogP contribution in [0.2, 0.25) is 0 Å². The van der Waals surface area contributed by atoms with E-state index in [4.69, 9.17) is 17.0 Å². The third-order valence-electron chi connectivity index (χ3n) is 3.08. The Morgan fingerprint density at radius 1 is 1.39 bits per heavy atom. The highest BCUT2D eigenvalue weighted by molar-refractivity contribution is 9.10. The maximum absolute atomic E-state index is 11.6. The topological polar surface area (TPSA) is 68.2 Å². The first-order valence-corrected chi connectivity index (χ1v) is 8.19. The highest BCUT2D eigenvalue weighted by atomic mass is 79.9. The molecule has 0 radical (unpaired) electrons. The van der Waals surface area contributed by atoms with Gasteiger partial charge >= 0.3 is 5.97 Å². The van der Waals surface area contributed by atoms with Crippen molar-refractivity contribution in [1.82, 2.24) is 15.1 Å². The molecule has 0 aliphatic heterocycles. The molecule has 23 heavy (non-hydrogen) atoms. The molecule has 8 heteroatoms. The Morgan fingerprint density at radius 2 is 2.09 bits per heavy atom. The molecule has 0 spiro atoms. The summed E-state index contributed by atoms with van der Waals surface area (Å²) in [7, 11) is 1.87. The molecule has 1 aromatic carbocycles. The summed E-state index contributed by atoms with van der Waals surface area (Å²) in [6, 6.07) is 6.95. The number of carbonyl (C=O) groups is 1. The minimum Gasteiger partial charge on any atom is -0.462 e. The van der Waals surface area contributed by atoms with Crippen molar-refractivity contribution >= 4 is 44.9 Å². The quantitative estimate of drug-likeness (QED) is 0.598. The zero-order chi connectivity index (χ0) is 16.8. The molecule has 1 heterocycles. The number of rotatable bonds is 5. The molecule has 0 fully saturated rings. The third kappa shape index (κ3) is 4.77. The molecular formula is C15H17BrN4O2S. The van der Waals surface area contributed by atoms with Gasteiger partial charge in [0.25, 0.3) is 0 Å². The van der Waals surface area contributed by atoms with E-state index in [2.05, 4.69) is 31.7 Å². The molecule has 1 aromatic heterocycles. The molecule has 2 N–H and O–H groups in total. The van der Waals surface area contributed by atoms with Crippen molar-refractivity contribution in [2.45, 2.75) is 13.5 Å². The molecule has 2 aromatic rings. The lowest BCUT2D eigenvalue weighted by atomic mass is 10.2. The molecule has 0 saturated heterocycles. The second-order valence-electron chi connectivity index (χ2n) is 4.67. The van der Waals surface area contributed by atoms with Crippen LogP contribution in [0.1, 0.15) is 23.0 Å². The van der Waals surface area contributed by atoms with Crippen molar-refractivity contribution < 1.29 is 9.53 Å². The fourth-order valence-corrected chi connectivity index (χ4v) is 2.56. The number of aromatic nitrogens is 2. The largest absolute Gasteiger partial charge is 0.462 e. The van der Waals surface area contributed by atoms with Crippen LogP contribution >= 0.6 is 28.1 Å². The summed E-state index contributed by atoms with van der Waals surface area (Å²) >= 11 is 8.70. The van der Waals surface area contributed by atoms with Crippen molar-refractivity contribution in [3.63, 3.8) is 0 Å². The van der Waals surface area contributed by atoms with Gasteiger partial charge in [0.15, 0.2) is 5.11 Å². The minimum absolute atomic E-state index is 0.333. The van der Waals surface area contributed by atoms with Gasteiger partial charge in [-0.2, -0.15) is 5.10 Å². The van der Waals surface area contributed by atoms with Crippen LogP contribution in [0.15, 0.2) is 34.9 Å². The van der Waals surface area contributed by atoms with E-state index < -0.39 is 0 Å². The second-order valence-corrected chi connectivity index (χ2v) is 5.93. The van der Waals surface area contributed by atoms with Crippen LogP contribution in [0.25, 0.3) is 0 Å². The van der Waals surface area contributed by atoms with Crippen LogP contribution in [-0.2, 0) is 18.3 Å². The Balaban J connectivity index is 1.89. The number of anilines is 1. The summed E-state index contributed by atoms with van der Waals surface area (Å²) in [5, 5.41) is 10.8. The molecule has 122 valence electrons. The normalized spacial score (nSPS) is 10.2. The van der Waals surface area contributed by atoms with Gasteiger partial charge in [0, 0.05) is 12.7 Å². The molecule has 0 bridgehead atoms. The van der Waals surface area contributed by atoms with Gasteiger partial charge in [0.05, 0.1) is 35.1 Å². The number of halogens is 1. The zero-order valence-electron chi connectivity index (χ0n) is 12.8. The number of benzene rings is 1. The number of carbonyl (C=O) groups excluding carboxylic acids is 1. The average molecular weight is 397 g/mol. The van der Waals surface area contributed by atoms with E-state index in [0.29, 0.717) is 23.8 Å². The van der Waals surface area contributed by atoms with Crippen LogP contribution in [0.4, 0.5) is 5.69 Å². The smallest absolute Gasteiger partial charge is 0.338 e.